The van der Waals surface area contributed by atoms with Crippen molar-refractivity contribution in [2.75, 3.05) is 6.54 Å². The molecule has 1 unspecified atom stereocenters. The van der Waals surface area contributed by atoms with Crippen molar-refractivity contribution in [3.05, 3.63) is 50.4 Å². The lowest BCUT2D eigenvalue weighted by molar-refractivity contribution is 0.628. The Morgan fingerprint density at radius 3 is 2.82 bits per heavy atom. The van der Waals surface area contributed by atoms with Crippen LogP contribution in [-0.4, -0.2) is 11.5 Å². The van der Waals surface area contributed by atoms with E-state index in [4.69, 9.17) is 0 Å². The third-order valence-corrected chi connectivity index (χ3v) is 4.34. The molecule has 17 heavy (non-hydrogen) atoms. The van der Waals surface area contributed by atoms with E-state index in [9.17, 15) is 0 Å². The lowest BCUT2D eigenvalue weighted by atomic mass is 10.0. The Bertz CT molecular complexity index is 496. The van der Waals surface area contributed by atoms with Gasteiger partial charge in [-0.15, -0.1) is 0 Å². The fourth-order valence-electron chi connectivity index (χ4n) is 1.85. The number of halogens is 1. The van der Waals surface area contributed by atoms with Crippen LogP contribution in [0.15, 0.2) is 33.7 Å². The van der Waals surface area contributed by atoms with Gasteiger partial charge in [0, 0.05) is 22.2 Å². The maximum Gasteiger partial charge on any atom is 0.0611 e. The predicted molar refractivity (Wildman–Crippen MR) is 76.5 cm³/mol. The summed E-state index contributed by atoms with van der Waals surface area (Å²) >= 11 is 5.31. The fourth-order valence-corrected chi connectivity index (χ4v) is 3.40. The van der Waals surface area contributed by atoms with Gasteiger partial charge in [0.05, 0.1) is 6.04 Å². The summed E-state index contributed by atoms with van der Waals surface area (Å²) in [6.45, 7) is 5.12. The highest BCUT2D eigenvalue weighted by molar-refractivity contribution is 9.10. The molecule has 2 heterocycles. The van der Waals surface area contributed by atoms with E-state index < -0.39 is 0 Å². The number of rotatable bonds is 4. The Kier molecular flexibility index (Phi) is 4.31. The van der Waals surface area contributed by atoms with Gasteiger partial charge in [0.2, 0.25) is 0 Å². The van der Waals surface area contributed by atoms with Gasteiger partial charge in [-0.2, -0.15) is 11.3 Å². The molecule has 0 spiro atoms. The second kappa shape index (κ2) is 5.76. The first-order valence-corrected chi connectivity index (χ1v) is 7.32. The number of aromatic nitrogens is 1. The predicted octanol–water partition coefficient (Wildman–Crippen LogP) is 3.91. The van der Waals surface area contributed by atoms with Crippen molar-refractivity contribution in [2.24, 2.45) is 0 Å². The van der Waals surface area contributed by atoms with Crippen LogP contribution in [0.2, 0.25) is 0 Å². The van der Waals surface area contributed by atoms with Gasteiger partial charge < -0.3 is 5.32 Å². The number of pyridine rings is 1. The molecule has 0 amide bonds. The molecule has 0 aliphatic carbocycles. The average molecular weight is 311 g/mol. The van der Waals surface area contributed by atoms with Gasteiger partial charge in [-0.1, -0.05) is 13.0 Å². The third-order valence-electron chi connectivity index (χ3n) is 2.59. The summed E-state index contributed by atoms with van der Waals surface area (Å²) in [7, 11) is 0. The second-order valence-corrected chi connectivity index (χ2v) is 5.56. The van der Waals surface area contributed by atoms with Crippen LogP contribution in [0.4, 0.5) is 0 Å². The van der Waals surface area contributed by atoms with Crippen molar-refractivity contribution in [2.45, 2.75) is 19.9 Å². The molecule has 0 aliphatic heterocycles. The maximum absolute atomic E-state index is 4.28. The number of aryl methyl sites for hydroxylation is 1. The Balaban J connectivity index is 2.39. The molecule has 0 radical (unpaired) electrons. The highest BCUT2D eigenvalue weighted by atomic mass is 79.9. The van der Waals surface area contributed by atoms with E-state index >= 15 is 0 Å². The van der Waals surface area contributed by atoms with Crippen molar-refractivity contribution in [3.63, 3.8) is 0 Å². The van der Waals surface area contributed by atoms with Gasteiger partial charge in [-0.05, 0) is 51.5 Å². The summed E-state index contributed by atoms with van der Waals surface area (Å²) in [5.74, 6) is 0. The largest absolute Gasteiger partial charge is 0.306 e. The van der Waals surface area contributed by atoms with E-state index in [-0.39, 0.29) is 6.04 Å². The maximum atomic E-state index is 4.28. The molecule has 0 saturated carbocycles. The summed E-state index contributed by atoms with van der Waals surface area (Å²) in [6.07, 6.45) is 3.82. The van der Waals surface area contributed by atoms with Gasteiger partial charge in [0.15, 0.2) is 0 Å². The van der Waals surface area contributed by atoms with Crippen molar-refractivity contribution >= 4 is 27.3 Å². The van der Waals surface area contributed by atoms with E-state index in [2.05, 4.69) is 56.9 Å². The summed E-state index contributed by atoms with van der Waals surface area (Å²) in [6, 6.07) is 2.40. The lowest BCUT2D eigenvalue weighted by Gasteiger charge is -2.18. The topological polar surface area (TPSA) is 24.9 Å². The molecule has 90 valence electrons. The first-order valence-electron chi connectivity index (χ1n) is 5.59. The molecule has 0 aromatic carbocycles. The minimum Gasteiger partial charge on any atom is -0.306 e. The molecule has 0 bridgehead atoms. The van der Waals surface area contributed by atoms with Crippen LogP contribution in [0.25, 0.3) is 0 Å². The van der Waals surface area contributed by atoms with E-state index in [0.29, 0.717) is 0 Å². The highest BCUT2D eigenvalue weighted by Gasteiger charge is 2.16. The minimum absolute atomic E-state index is 0.216. The number of hydrogen-bond donors (Lipinski definition) is 1. The molecular weight excluding hydrogens is 296 g/mol. The average Bonchev–Trinajstić information content (AvgIpc) is 2.72. The molecule has 2 aromatic rings. The van der Waals surface area contributed by atoms with Crippen LogP contribution in [-0.2, 0) is 0 Å². The van der Waals surface area contributed by atoms with Crippen LogP contribution in [0.1, 0.15) is 29.7 Å². The Morgan fingerprint density at radius 2 is 2.24 bits per heavy atom. The molecule has 4 heteroatoms. The smallest absolute Gasteiger partial charge is 0.0611 e. The Labute approximate surface area is 114 Å². The molecule has 1 N–H and O–H groups in total. The standard InChI is InChI=1S/C13H15BrN2S/c1-3-16-13(11-7-17-8-12(11)14)10-4-9(2)5-15-6-10/h4-8,13,16H,3H2,1-2H3. The molecular formula is C13H15BrN2S. The number of nitrogens with one attached hydrogen (secondary N) is 1. The highest BCUT2D eigenvalue weighted by Crippen LogP contribution is 2.31. The zero-order valence-electron chi connectivity index (χ0n) is 9.90. The van der Waals surface area contributed by atoms with E-state index in [1.165, 1.54) is 16.7 Å². The molecule has 2 aromatic heterocycles. The van der Waals surface area contributed by atoms with E-state index in [0.717, 1.165) is 11.0 Å². The summed E-state index contributed by atoms with van der Waals surface area (Å²) < 4.78 is 1.16. The number of nitrogens with zero attached hydrogens (tertiary/aromatic N) is 1. The van der Waals surface area contributed by atoms with Crippen molar-refractivity contribution in [1.29, 1.82) is 0 Å². The molecule has 2 nitrogen and oxygen atoms in total. The van der Waals surface area contributed by atoms with Gasteiger partial charge in [-0.3, -0.25) is 4.98 Å². The normalized spacial score (nSPS) is 12.6. The first kappa shape index (κ1) is 12.7. The van der Waals surface area contributed by atoms with Crippen LogP contribution in [0.3, 0.4) is 0 Å². The molecule has 0 aliphatic rings. The Hall–Kier alpha value is -0.710. The number of thiophene rings is 1. The van der Waals surface area contributed by atoms with Crippen molar-refractivity contribution in [3.8, 4) is 0 Å². The molecule has 2 rings (SSSR count). The number of hydrogen-bond acceptors (Lipinski definition) is 3. The van der Waals surface area contributed by atoms with Gasteiger partial charge in [-0.25, -0.2) is 0 Å². The van der Waals surface area contributed by atoms with Crippen LogP contribution < -0.4 is 5.32 Å². The van der Waals surface area contributed by atoms with Crippen LogP contribution in [0.5, 0.6) is 0 Å². The SMILES string of the molecule is CCNC(c1cncc(C)c1)c1cscc1Br. The van der Waals surface area contributed by atoms with E-state index in [1.807, 2.05) is 12.4 Å². The summed E-state index contributed by atoms with van der Waals surface area (Å²) in [5, 5.41) is 7.80. The summed E-state index contributed by atoms with van der Waals surface area (Å²) in [4.78, 5) is 4.28. The van der Waals surface area contributed by atoms with Crippen LogP contribution in [0, 0.1) is 6.92 Å². The Morgan fingerprint density at radius 1 is 1.41 bits per heavy atom. The van der Waals surface area contributed by atoms with E-state index in [1.54, 1.807) is 11.3 Å². The fraction of sp³-hybridized carbons (Fsp3) is 0.308. The first-order chi connectivity index (χ1) is 8.22. The second-order valence-electron chi connectivity index (χ2n) is 3.96. The molecule has 0 saturated heterocycles. The van der Waals surface area contributed by atoms with Crippen molar-refractivity contribution < 1.29 is 0 Å². The van der Waals surface area contributed by atoms with Crippen LogP contribution >= 0.6 is 27.3 Å². The van der Waals surface area contributed by atoms with Crippen molar-refractivity contribution in [1.82, 2.24) is 10.3 Å². The lowest BCUT2D eigenvalue weighted by Crippen LogP contribution is -2.22. The monoisotopic (exact) mass is 310 g/mol. The zero-order chi connectivity index (χ0) is 12.3. The quantitative estimate of drug-likeness (QED) is 0.926. The van der Waals surface area contributed by atoms with Gasteiger partial charge in [0.1, 0.15) is 0 Å². The third kappa shape index (κ3) is 2.94. The minimum atomic E-state index is 0.216. The van der Waals surface area contributed by atoms with Gasteiger partial charge >= 0.3 is 0 Å². The molecule has 0 fully saturated rings. The molecule has 1 atom stereocenters. The van der Waals surface area contributed by atoms with Gasteiger partial charge in [0.25, 0.3) is 0 Å². The zero-order valence-corrected chi connectivity index (χ0v) is 12.3. The summed E-state index contributed by atoms with van der Waals surface area (Å²) in [5.41, 5.74) is 3.69.